The minimum absolute atomic E-state index is 0.154. The predicted octanol–water partition coefficient (Wildman–Crippen LogP) is 0.131. The smallest absolute Gasteiger partial charge is 0.244 e. The lowest BCUT2D eigenvalue weighted by atomic mass is 10.2. The van der Waals surface area contributed by atoms with E-state index in [1.165, 1.54) is 23.7 Å². The molecule has 3 aromatic heterocycles. The molecule has 0 aliphatic heterocycles. The van der Waals surface area contributed by atoms with E-state index in [0.29, 0.717) is 12.4 Å². The Kier molecular flexibility index (Phi) is 3.86. The lowest BCUT2D eigenvalue weighted by Crippen LogP contribution is -2.31. The molecule has 3 aromatic rings. The molecule has 0 aromatic carbocycles. The topological polar surface area (TPSA) is 103 Å². The summed E-state index contributed by atoms with van der Waals surface area (Å²) in [6, 6.07) is 3.25. The lowest BCUT2D eigenvalue weighted by Gasteiger charge is -2.13. The van der Waals surface area contributed by atoms with Crippen LogP contribution < -0.4 is 5.32 Å². The molecule has 9 nitrogen and oxygen atoms in total. The van der Waals surface area contributed by atoms with Gasteiger partial charge in [-0.1, -0.05) is 6.07 Å². The van der Waals surface area contributed by atoms with Crippen molar-refractivity contribution in [3.05, 3.63) is 49.2 Å². The molecule has 0 spiro atoms. The average Bonchev–Trinajstić information content (AvgIpc) is 3.25. The highest BCUT2D eigenvalue weighted by atomic mass is 16.2. The molecular weight excluding hydrogens is 284 g/mol. The SMILES string of the molecule is C[C@@H](C(=O)NCc1cccnc1-n1cncn1)n1cncn1. The van der Waals surface area contributed by atoms with E-state index in [-0.39, 0.29) is 5.91 Å². The van der Waals surface area contributed by atoms with Crippen molar-refractivity contribution < 1.29 is 4.79 Å². The van der Waals surface area contributed by atoms with Crippen molar-refractivity contribution in [3.8, 4) is 5.82 Å². The predicted molar refractivity (Wildman–Crippen MR) is 75.7 cm³/mol. The molecule has 0 saturated heterocycles. The summed E-state index contributed by atoms with van der Waals surface area (Å²) in [4.78, 5) is 24.2. The number of hydrogen-bond acceptors (Lipinski definition) is 6. The first kappa shape index (κ1) is 13.9. The Morgan fingerprint density at radius 3 is 2.82 bits per heavy atom. The van der Waals surface area contributed by atoms with Gasteiger partial charge in [0.05, 0.1) is 0 Å². The molecule has 112 valence electrons. The number of pyridine rings is 1. The molecule has 9 heteroatoms. The van der Waals surface area contributed by atoms with Gasteiger partial charge in [0.15, 0.2) is 5.82 Å². The molecule has 0 bridgehead atoms. The Labute approximate surface area is 126 Å². The van der Waals surface area contributed by atoms with Crippen LogP contribution in [0.15, 0.2) is 43.6 Å². The number of aromatic nitrogens is 7. The number of nitrogens with zero attached hydrogens (tertiary/aromatic N) is 7. The summed E-state index contributed by atoms with van der Waals surface area (Å²) in [5, 5.41) is 10.9. The van der Waals surface area contributed by atoms with Crippen LogP contribution in [0.1, 0.15) is 18.5 Å². The summed E-state index contributed by atoms with van der Waals surface area (Å²) in [6.07, 6.45) is 7.57. The van der Waals surface area contributed by atoms with Crippen LogP contribution in [0.5, 0.6) is 0 Å². The monoisotopic (exact) mass is 298 g/mol. The maximum absolute atomic E-state index is 12.2. The fourth-order valence-electron chi connectivity index (χ4n) is 1.96. The lowest BCUT2D eigenvalue weighted by molar-refractivity contribution is -0.124. The fraction of sp³-hybridized carbons (Fsp3) is 0.231. The summed E-state index contributed by atoms with van der Waals surface area (Å²) < 4.78 is 3.05. The van der Waals surface area contributed by atoms with Gasteiger partial charge in [0.25, 0.3) is 0 Å². The van der Waals surface area contributed by atoms with Crippen molar-refractivity contribution in [2.45, 2.75) is 19.5 Å². The van der Waals surface area contributed by atoms with E-state index >= 15 is 0 Å². The zero-order valence-electron chi connectivity index (χ0n) is 11.9. The van der Waals surface area contributed by atoms with Crippen molar-refractivity contribution in [1.29, 1.82) is 0 Å². The van der Waals surface area contributed by atoms with Crippen LogP contribution in [0.2, 0.25) is 0 Å². The number of hydrogen-bond donors (Lipinski definition) is 1. The largest absolute Gasteiger partial charge is 0.350 e. The van der Waals surface area contributed by atoms with Crippen molar-refractivity contribution in [2.24, 2.45) is 0 Å². The Morgan fingerprint density at radius 2 is 2.09 bits per heavy atom. The van der Waals surface area contributed by atoms with Crippen LogP contribution in [-0.2, 0) is 11.3 Å². The highest BCUT2D eigenvalue weighted by Gasteiger charge is 2.16. The number of carbonyl (C=O) groups is 1. The van der Waals surface area contributed by atoms with Crippen LogP contribution in [0.25, 0.3) is 5.82 Å². The number of carbonyl (C=O) groups excluding carboxylic acids is 1. The molecule has 0 aliphatic rings. The maximum atomic E-state index is 12.2. The van der Waals surface area contributed by atoms with Crippen LogP contribution in [0.4, 0.5) is 0 Å². The molecule has 3 heterocycles. The van der Waals surface area contributed by atoms with Crippen molar-refractivity contribution >= 4 is 5.91 Å². The standard InChI is InChI=1S/C13H14N8O/c1-10(20-8-14-6-18-20)13(22)17-5-11-3-2-4-16-12(11)21-9-15-7-19-21/h2-4,6-10H,5H2,1H3,(H,17,22)/t10-/m0/s1. The second-order valence-electron chi connectivity index (χ2n) is 4.60. The number of rotatable bonds is 5. The molecule has 3 rings (SSSR count). The van der Waals surface area contributed by atoms with E-state index < -0.39 is 6.04 Å². The third-order valence-electron chi connectivity index (χ3n) is 3.17. The molecule has 0 unspecified atom stereocenters. The quantitative estimate of drug-likeness (QED) is 0.718. The average molecular weight is 298 g/mol. The molecule has 0 aliphatic carbocycles. The maximum Gasteiger partial charge on any atom is 0.244 e. The highest BCUT2D eigenvalue weighted by molar-refractivity contribution is 5.79. The molecule has 22 heavy (non-hydrogen) atoms. The molecule has 0 saturated carbocycles. The zero-order valence-corrected chi connectivity index (χ0v) is 11.9. The molecule has 1 atom stereocenters. The van der Waals surface area contributed by atoms with Gasteiger partial charge in [0.1, 0.15) is 31.4 Å². The fourth-order valence-corrected chi connectivity index (χ4v) is 1.96. The molecule has 1 amide bonds. The Hall–Kier alpha value is -3.10. The Balaban J connectivity index is 1.71. The van der Waals surface area contributed by atoms with Gasteiger partial charge in [0, 0.05) is 18.3 Å². The first-order valence-corrected chi connectivity index (χ1v) is 6.66. The van der Waals surface area contributed by atoms with Crippen molar-refractivity contribution in [3.63, 3.8) is 0 Å². The van der Waals surface area contributed by atoms with Crippen molar-refractivity contribution in [1.82, 2.24) is 39.8 Å². The van der Waals surface area contributed by atoms with Crippen LogP contribution in [-0.4, -0.2) is 40.4 Å². The van der Waals surface area contributed by atoms with Gasteiger partial charge in [0.2, 0.25) is 5.91 Å². The molecular formula is C13H14N8O. The molecule has 0 fully saturated rings. The third kappa shape index (κ3) is 2.82. The van der Waals surface area contributed by atoms with Gasteiger partial charge in [-0.2, -0.15) is 10.2 Å². The first-order chi connectivity index (χ1) is 10.8. The van der Waals surface area contributed by atoms with Crippen LogP contribution >= 0.6 is 0 Å². The van der Waals surface area contributed by atoms with Gasteiger partial charge in [-0.05, 0) is 13.0 Å². The van der Waals surface area contributed by atoms with Crippen molar-refractivity contribution in [2.75, 3.05) is 0 Å². The van der Waals surface area contributed by atoms with Gasteiger partial charge in [-0.15, -0.1) is 0 Å². The van der Waals surface area contributed by atoms with Gasteiger partial charge >= 0.3 is 0 Å². The summed E-state index contributed by atoms with van der Waals surface area (Å²) in [7, 11) is 0. The number of amides is 1. The van der Waals surface area contributed by atoms with E-state index in [4.69, 9.17) is 0 Å². The van der Waals surface area contributed by atoms with Crippen LogP contribution in [0.3, 0.4) is 0 Å². The van der Waals surface area contributed by atoms with E-state index in [0.717, 1.165) is 5.56 Å². The normalized spacial score (nSPS) is 12.0. The minimum atomic E-state index is -0.436. The summed E-state index contributed by atoms with van der Waals surface area (Å²) in [5.74, 6) is 0.479. The first-order valence-electron chi connectivity index (χ1n) is 6.66. The van der Waals surface area contributed by atoms with E-state index in [2.05, 4.69) is 30.5 Å². The Bertz CT molecular complexity index is 737. The second kappa shape index (κ2) is 6.12. The number of nitrogens with one attached hydrogen (secondary N) is 1. The van der Waals surface area contributed by atoms with Crippen LogP contribution in [0, 0.1) is 0 Å². The molecule has 0 radical (unpaired) electrons. The highest BCUT2D eigenvalue weighted by Crippen LogP contribution is 2.10. The van der Waals surface area contributed by atoms with Gasteiger partial charge in [-0.3, -0.25) is 4.79 Å². The Morgan fingerprint density at radius 1 is 1.27 bits per heavy atom. The third-order valence-corrected chi connectivity index (χ3v) is 3.17. The summed E-state index contributed by atoms with van der Waals surface area (Å²) in [5.41, 5.74) is 0.840. The van der Waals surface area contributed by atoms with E-state index in [1.807, 2.05) is 12.1 Å². The van der Waals surface area contributed by atoms with Gasteiger partial charge in [-0.25, -0.2) is 24.3 Å². The van der Waals surface area contributed by atoms with E-state index in [1.54, 1.807) is 24.1 Å². The summed E-state index contributed by atoms with van der Waals surface area (Å²) in [6.45, 7) is 2.09. The summed E-state index contributed by atoms with van der Waals surface area (Å²) >= 11 is 0. The van der Waals surface area contributed by atoms with Gasteiger partial charge < -0.3 is 5.32 Å². The van der Waals surface area contributed by atoms with E-state index in [9.17, 15) is 4.79 Å². The zero-order chi connectivity index (χ0) is 15.4. The second-order valence-corrected chi connectivity index (χ2v) is 4.60. The molecule has 1 N–H and O–H groups in total. The minimum Gasteiger partial charge on any atom is -0.350 e.